The monoisotopic (exact) mass is 423 g/mol. The highest BCUT2D eigenvalue weighted by Gasteiger charge is 2.11. The minimum absolute atomic E-state index is 0.138. The third-order valence-corrected chi connectivity index (χ3v) is 4.82. The molecule has 1 heterocycles. The number of nitrogens with zero attached hydrogens (tertiary/aromatic N) is 2. The fraction of sp³-hybridized carbons (Fsp3) is 0.143. The molecular formula is C21H21N5O3S. The SMILES string of the molecule is COc1ccccc1NC(=O)c1ccc(NC(=O)CSc2nc(C)cc(N)n2)cc1. The summed E-state index contributed by atoms with van der Waals surface area (Å²) in [5.74, 6) is 0.592. The largest absolute Gasteiger partial charge is 0.495 e. The summed E-state index contributed by atoms with van der Waals surface area (Å²) in [5.41, 5.74) is 8.05. The van der Waals surface area contributed by atoms with Crippen LogP contribution >= 0.6 is 11.8 Å². The maximum absolute atomic E-state index is 12.4. The molecule has 0 aliphatic carbocycles. The van der Waals surface area contributed by atoms with E-state index >= 15 is 0 Å². The summed E-state index contributed by atoms with van der Waals surface area (Å²) >= 11 is 1.20. The Kier molecular flexibility index (Phi) is 6.87. The number of amides is 2. The predicted octanol–water partition coefficient (Wildman–Crippen LogP) is 3.36. The number of carbonyl (C=O) groups is 2. The van der Waals surface area contributed by atoms with Crippen molar-refractivity contribution in [2.45, 2.75) is 12.1 Å². The van der Waals surface area contributed by atoms with E-state index in [4.69, 9.17) is 10.5 Å². The van der Waals surface area contributed by atoms with Gasteiger partial charge in [0, 0.05) is 23.0 Å². The predicted molar refractivity (Wildman–Crippen MR) is 118 cm³/mol. The van der Waals surface area contributed by atoms with E-state index in [2.05, 4.69) is 20.6 Å². The number of ether oxygens (including phenoxy) is 1. The Morgan fingerprint density at radius 1 is 1.07 bits per heavy atom. The Labute approximate surface area is 178 Å². The Bertz CT molecular complexity index is 1040. The first-order valence-electron chi connectivity index (χ1n) is 9.03. The maximum atomic E-state index is 12.4. The van der Waals surface area contributed by atoms with E-state index < -0.39 is 0 Å². The van der Waals surface area contributed by atoms with Crippen LogP contribution in [0, 0.1) is 6.92 Å². The summed E-state index contributed by atoms with van der Waals surface area (Å²) in [6, 6.07) is 15.4. The zero-order chi connectivity index (χ0) is 21.5. The number of para-hydroxylation sites is 2. The van der Waals surface area contributed by atoms with Crippen LogP contribution in [-0.2, 0) is 4.79 Å². The van der Waals surface area contributed by atoms with E-state index in [1.807, 2.05) is 19.1 Å². The van der Waals surface area contributed by atoms with Crippen molar-refractivity contribution in [1.29, 1.82) is 0 Å². The molecule has 9 heteroatoms. The van der Waals surface area contributed by atoms with Gasteiger partial charge in [-0.3, -0.25) is 9.59 Å². The number of hydrogen-bond donors (Lipinski definition) is 3. The minimum Gasteiger partial charge on any atom is -0.495 e. The van der Waals surface area contributed by atoms with Gasteiger partial charge in [-0.25, -0.2) is 9.97 Å². The van der Waals surface area contributed by atoms with E-state index in [-0.39, 0.29) is 17.6 Å². The van der Waals surface area contributed by atoms with E-state index in [1.165, 1.54) is 11.8 Å². The molecule has 8 nitrogen and oxygen atoms in total. The highest BCUT2D eigenvalue weighted by Crippen LogP contribution is 2.24. The van der Waals surface area contributed by atoms with Crippen molar-refractivity contribution in [3.05, 3.63) is 65.9 Å². The number of carbonyl (C=O) groups excluding carboxylic acids is 2. The molecular weight excluding hydrogens is 402 g/mol. The molecule has 0 unspecified atom stereocenters. The van der Waals surface area contributed by atoms with Crippen molar-refractivity contribution >= 4 is 40.8 Å². The van der Waals surface area contributed by atoms with Crippen LogP contribution in [0.2, 0.25) is 0 Å². The minimum atomic E-state index is -0.276. The zero-order valence-electron chi connectivity index (χ0n) is 16.5. The van der Waals surface area contributed by atoms with E-state index in [0.29, 0.717) is 33.7 Å². The zero-order valence-corrected chi connectivity index (χ0v) is 17.3. The number of rotatable bonds is 7. The van der Waals surface area contributed by atoms with Crippen LogP contribution in [0.5, 0.6) is 5.75 Å². The van der Waals surface area contributed by atoms with Crippen LogP contribution in [0.1, 0.15) is 16.1 Å². The van der Waals surface area contributed by atoms with E-state index in [9.17, 15) is 9.59 Å². The summed E-state index contributed by atoms with van der Waals surface area (Å²) in [6.45, 7) is 1.81. The molecule has 0 fully saturated rings. The molecule has 4 N–H and O–H groups in total. The van der Waals surface area contributed by atoms with Crippen LogP contribution in [-0.4, -0.2) is 34.6 Å². The molecule has 0 aliphatic rings. The number of nitrogens with two attached hydrogens (primary N) is 1. The average molecular weight is 423 g/mol. The molecule has 30 heavy (non-hydrogen) atoms. The van der Waals surface area contributed by atoms with Gasteiger partial charge >= 0.3 is 0 Å². The molecule has 154 valence electrons. The summed E-state index contributed by atoms with van der Waals surface area (Å²) in [6.07, 6.45) is 0. The number of aromatic nitrogens is 2. The van der Waals surface area contributed by atoms with Gasteiger partial charge in [0.15, 0.2) is 5.16 Å². The van der Waals surface area contributed by atoms with Gasteiger partial charge in [-0.05, 0) is 43.3 Å². The summed E-state index contributed by atoms with van der Waals surface area (Å²) in [4.78, 5) is 32.9. The molecule has 3 aromatic rings. The second-order valence-electron chi connectivity index (χ2n) is 6.29. The molecule has 2 aromatic carbocycles. The lowest BCUT2D eigenvalue weighted by molar-refractivity contribution is -0.113. The van der Waals surface area contributed by atoms with Crippen LogP contribution in [0.25, 0.3) is 0 Å². The number of methoxy groups -OCH3 is 1. The summed E-state index contributed by atoms with van der Waals surface area (Å²) in [5, 5.41) is 6.03. The van der Waals surface area contributed by atoms with Crippen molar-refractivity contribution in [3.8, 4) is 5.75 Å². The molecule has 0 bridgehead atoms. The van der Waals surface area contributed by atoms with Crippen molar-refractivity contribution in [2.24, 2.45) is 0 Å². The molecule has 2 amide bonds. The van der Waals surface area contributed by atoms with Gasteiger partial charge in [0.1, 0.15) is 11.6 Å². The van der Waals surface area contributed by atoms with Gasteiger partial charge in [-0.2, -0.15) is 0 Å². The third-order valence-electron chi connectivity index (χ3n) is 3.97. The number of nitrogens with one attached hydrogen (secondary N) is 2. The molecule has 0 saturated heterocycles. The van der Waals surface area contributed by atoms with Gasteiger partial charge in [0.25, 0.3) is 5.91 Å². The number of hydrogen-bond acceptors (Lipinski definition) is 7. The molecule has 0 saturated carbocycles. The summed E-state index contributed by atoms with van der Waals surface area (Å²) in [7, 11) is 1.54. The number of thioether (sulfide) groups is 1. The highest BCUT2D eigenvalue weighted by molar-refractivity contribution is 7.99. The Balaban J connectivity index is 1.55. The van der Waals surface area contributed by atoms with Crippen molar-refractivity contribution in [2.75, 3.05) is 29.2 Å². The molecule has 0 atom stereocenters. The second kappa shape index (κ2) is 9.75. The van der Waals surface area contributed by atoms with Gasteiger partial charge in [-0.15, -0.1) is 0 Å². The van der Waals surface area contributed by atoms with Crippen LogP contribution in [0.15, 0.2) is 59.8 Å². The summed E-state index contributed by atoms with van der Waals surface area (Å²) < 4.78 is 5.23. The third kappa shape index (κ3) is 5.71. The first kappa shape index (κ1) is 21.1. The van der Waals surface area contributed by atoms with Crippen LogP contribution < -0.4 is 21.1 Å². The van der Waals surface area contributed by atoms with Crippen LogP contribution in [0.3, 0.4) is 0 Å². The maximum Gasteiger partial charge on any atom is 0.255 e. The first-order valence-corrected chi connectivity index (χ1v) is 10.0. The highest BCUT2D eigenvalue weighted by atomic mass is 32.2. The Morgan fingerprint density at radius 2 is 1.80 bits per heavy atom. The average Bonchev–Trinajstić information content (AvgIpc) is 2.72. The number of anilines is 3. The normalized spacial score (nSPS) is 10.3. The number of aryl methyl sites for hydroxylation is 1. The fourth-order valence-corrected chi connectivity index (χ4v) is 3.31. The Hall–Kier alpha value is -3.59. The standard InChI is InChI=1S/C21H21N5O3S/c1-13-11-18(22)26-21(23-13)30-12-19(27)24-15-9-7-14(8-10-15)20(28)25-16-5-3-4-6-17(16)29-2/h3-11H,12H2,1-2H3,(H,24,27)(H,25,28)(H2,22,23,26). The molecule has 0 aliphatic heterocycles. The Morgan fingerprint density at radius 3 is 2.50 bits per heavy atom. The molecule has 0 radical (unpaired) electrons. The van der Waals surface area contributed by atoms with Gasteiger partial charge in [0.05, 0.1) is 18.6 Å². The topological polar surface area (TPSA) is 119 Å². The van der Waals surface area contributed by atoms with Gasteiger partial charge in [-0.1, -0.05) is 23.9 Å². The lowest BCUT2D eigenvalue weighted by atomic mass is 10.2. The number of nitrogen functional groups attached to an aromatic ring is 1. The quantitative estimate of drug-likeness (QED) is 0.394. The van der Waals surface area contributed by atoms with Gasteiger partial charge < -0.3 is 21.1 Å². The second-order valence-corrected chi connectivity index (χ2v) is 7.23. The smallest absolute Gasteiger partial charge is 0.255 e. The first-order chi connectivity index (χ1) is 14.4. The van der Waals surface area contributed by atoms with E-state index in [0.717, 1.165) is 5.69 Å². The fourth-order valence-electron chi connectivity index (χ4n) is 2.60. The lowest BCUT2D eigenvalue weighted by Gasteiger charge is -2.10. The van der Waals surface area contributed by atoms with Crippen molar-refractivity contribution < 1.29 is 14.3 Å². The van der Waals surface area contributed by atoms with Crippen LogP contribution in [0.4, 0.5) is 17.2 Å². The molecule has 0 spiro atoms. The van der Waals surface area contributed by atoms with Crippen molar-refractivity contribution in [1.82, 2.24) is 9.97 Å². The molecule has 1 aromatic heterocycles. The van der Waals surface area contributed by atoms with Gasteiger partial charge in [0.2, 0.25) is 5.91 Å². The lowest BCUT2D eigenvalue weighted by Crippen LogP contribution is -2.15. The van der Waals surface area contributed by atoms with Crippen molar-refractivity contribution in [3.63, 3.8) is 0 Å². The van der Waals surface area contributed by atoms with E-state index in [1.54, 1.807) is 49.6 Å². The number of benzene rings is 2. The molecule has 3 rings (SSSR count).